The van der Waals surface area contributed by atoms with E-state index < -0.39 is 0 Å². The largest absolute Gasteiger partial charge is 0.362 e. The standard InChI is InChI=1S/C22H21BrN2OS/c1-11-5-7-18(24-11)21(22-12(2)20(14(4)26)13(3)25-22)17-10-27-19-8-6-15(23)9-16(17)19/h5-10,21,24-25H,1-4H3. The van der Waals surface area contributed by atoms with E-state index in [1.165, 1.54) is 15.6 Å². The van der Waals surface area contributed by atoms with Crippen molar-refractivity contribution >= 4 is 43.1 Å². The fraction of sp³-hybridized carbons (Fsp3) is 0.227. The number of H-pyrrole nitrogens is 2. The molecule has 0 bridgehead atoms. The second kappa shape index (κ2) is 6.80. The number of halogens is 1. The smallest absolute Gasteiger partial charge is 0.161 e. The molecule has 0 radical (unpaired) electrons. The molecule has 0 aliphatic rings. The van der Waals surface area contributed by atoms with Gasteiger partial charge in [0.2, 0.25) is 0 Å². The van der Waals surface area contributed by atoms with Gasteiger partial charge in [-0.15, -0.1) is 11.3 Å². The molecule has 0 aliphatic heterocycles. The highest BCUT2D eigenvalue weighted by atomic mass is 79.9. The van der Waals surface area contributed by atoms with E-state index in [1.54, 1.807) is 18.3 Å². The van der Waals surface area contributed by atoms with E-state index in [-0.39, 0.29) is 11.7 Å². The molecule has 4 aromatic rings. The minimum atomic E-state index is 0.0218. The van der Waals surface area contributed by atoms with Gasteiger partial charge in [0.15, 0.2) is 5.78 Å². The van der Waals surface area contributed by atoms with Crippen molar-refractivity contribution in [1.29, 1.82) is 0 Å². The molecule has 27 heavy (non-hydrogen) atoms. The molecule has 1 atom stereocenters. The molecule has 1 unspecified atom stereocenters. The third-order valence-electron chi connectivity index (χ3n) is 5.16. The third-order valence-corrected chi connectivity index (χ3v) is 6.63. The number of hydrogen-bond acceptors (Lipinski definition) is 2. The average molecular weight is 441 g/mol. The molecule has 0 spiro atoms. The fourth-order valence-corrected chi connectivity index (χ4v) is 5.34. The number of thiophene rings is 1. The van der Waals surface area contributed by atoms with Crippen LogP contribution in [0.3, 0.4) is 0 Å². The summed E-state index contributed by atoms with van der Waals surface area (Å²) in [6, 6.07) is 10.7. The van der Waals surface area contributed by atoms with Crippen molar-refractivity contribution in [3.05, 3.63) is 79.7 Å². The zero-order valence-corrected chi connectivity index (χ0v) is 18.1. The number of aromatic amines is 2. The van der Waals surface area contributed by atoms with E-state index in [4.69, 9.17) is 0 Å². The zero-order valence-electron chi connectivity index (χ0n) is 15.7. The van der Waals surface area contributed by atoms with Gasteiger partial charge in [-0.1, -0.05) is 15.9 Å². The number of benzene rings is 1. The molecule has 3 heterocycles. The number of carbonyl (C=O) groups is 1. The van der Waals surface area contributed by atoms with Crippen LogP contribution in [0.25, 0.3) is 10.1 Å². The third kappa shape index (κ3) is 3.09. The van der Waals surface area contributed by atoms with Crippen LogP contribution >= 0.6 is 27.3 Å². The number of Topliss-reactive ketones (excluding diaryl/α,β-unsaturated/α-hetero) is 1. The first kappa shape index (κ1) is 18.3. The van der Waals surface area contributed by atoms with Crippen LogP contribution < -0.4 is 0 Å². The average Bonchev–Trinajstić information content (AvgIpc) is 3.27. The number of aryl methyl sites for hydroxylation is 2. The number of carbonyl (C=O) groups excluding carboxylic acids is 1. The van der Waals surface area contributed by atoms with Crippen LogP contribution in [0, 0.1) is 20.8 Å². The number of ketones is 1. The van der Waals surface area contributed by atoms with Gasteiger partial charge in [0.25, 0.3) is 0 Å². The van der Waals surface area contributed by atoms with Crippen molar-refractivity contribution in [2.75, 3.05) is 0 Å². The Morgan fingerprint density at radius 3 is 2.52 bits per heavy atom. The van der Waals surface area contributed by atoms with Crippen molar-refractivity contribution in [1.82, 2.24) is 9.97 Å². The second-order valence-electron chi connectivity index (χ2n) is 7.08. The second-order valence-corrected chi connectivity index (χ2v) is 8.91. The van der Waals surface area contributed by atoms with E-state index in [1.807, 2.05) is 13.8 Å². The van der Waals surface area contributed by atoms with Gasteiger partial charge in [-0.25, -0.2) is 0 Å². The van der Waals surface area contributed by atoms with E-state index in [0.717, 1.165) is 38.4 Å². The highest BCUT2D eigenvalue weighted by molar-refractivity contribution is 9.10. The number of aromatic nitrogens is 2. The Labute approximate surface area is 171 Å². The SMILES string of the molecule is CC(=O)c1c(C)[nH]c(C(c2ccc(C)[nH]2)c2csc3ccc(Br)cc23)c1C. The van der Waals surface area contributed by atoms with Gasteiger partial charge in [-0.2, -0.15) is 0 Å². The summed E-state index contributed by atoms with van der Waals surface area (Å²) in [7, 11) is 0. The van der Waals surface area contributed by atoms with E-state index in [0.29, 0.717) is 0 Å². The van der Waals surface area contributed by atoms with Gasteiger partial charge < -0.3 is 9.97 Å². The lowest BCUT2D eigenvalue weighted by Gasteiger charge is -2.17. The minimum absolute atomic E-state index is 0.0218. The molecule has 1 aromatic carbocycles. The molecule has 0 saturated heterocycles. The van der Waals surface area contributed by atoms with Gasteiger partial charge in [0, 0.05) is 37.5 Å². The normalized spacial score (nSPS) is 12.6. The van der Waals surface area contributed by atoms with Gasteiger partial charge >= 0.3 is 0 Å². The van der Waals surface area contributed by atoms with Crippen LogP contribution in [0.5, 0.6) is 0 Å². The Kier molecular flexibility index (Phi) is 4.60. The summed E-state index contributed by atoms with van der Waals surface area (Å²) in [6.07, 6.45) is 0. The molecular weight excluding hydrogens is 420 g/mol. The van der Waals surface area contributed by atoms with E-state index in [9.17, 15) is 4.79 Å². The predicted molar refractivity (Wildman–Crippen MR) is 116 cm³/mol. The highest BCUT2D eigenvalue weighted by Crippen LogP contribution is 2.41. The molecule has 0 aliphatic carbocycles. The summed E-state index contributed by atoms with van der Waals surface area (Å²) in [4.78, 5) is 19.2. The summed E-state index contributed by atoms with van der Waals surface area (Å²) >= 11 is 5.37. The first-order chi connectivity index (χ1) is 12.9. The summed E-state index contributed by atoms with van der Waals surface area (Å²) < 4.78 is 2.33. The Morgan fingerprint density at radius 1 is 1.11 bits per heavy atom. The fourth-order valence-electron chi connectivity index (χ4n) is 4.01. The maximum absolute atomic E-state index is 12.2. The van der Waals surface area contributed by atoms with Crippen LogP contribution in [-0.4, -0.2) is 15.8 Å². The van der Waals surface area contributed by atoms with Crippen LogP contribution in [0.2, 0.25) is 0 Å². The van der Waals surface area contributed by atoms with Crippen LogP contribution in [0.15, 0.2) is 40.2 Å². The molecular formula is C22H21BrN2OS. The molecule has 138 valence electrons. The van der Waals surface area contributed by atoms with Crippen molar-refractivity contribution in [3.8, 4) is 0 Å². The Morgan fingerprint density at radius 2 is 1.89 bits per heavy atom. The molecule has 0 saturated carbocycles. The first-order valence-corrected chi connectivity index (χ1v) is 10.6. The summed E-state index contributed by atoms with van der Waals surface area (Å²) in [5, 5.41) is 3.48. The Bertz CT molecular complexity index is 1160. The lowest BCUT2D eigenvalue weighted by Crippen LogP contribution is -2.06. The summed E-state index contributed by atoms with van der Waals surface area (Å²) in [5.41, 5.74) is 7.36. The summed E-state index contributed by atoms with van der Waals surface area (Å²) in [6.45, 7) is 7.73. The topological polar surface area (TPSA) is 48.6 Å². The van der Waals surface area contributed by atoms with Crippen molar-refractivity contribution < 1.29 is 4.79 Å². The maximum Gasteiger partial charge on any atom is 0.161 e. The van der Waals surface area contributed by atoms with E-state index in [2.05, 4.69) is 68.5 Å². The molecule has 5 heteroatoms. The first-order valence-electron chi connectivity index (χ1n) is 8.89. The van der Waals surface area contributed by atoms with E-state index >= 15 is 0 Å². The Balaban J connectivity index is 2.00. The van der Waals surface area contributed by atoms with Crippen LogP contribution in [0.1, 0.15) is 57.1 Å². The monoisotopic (exact) mass is 440 g/mol. The predicted octanol–water partition coefficient (Wildman–Crippen LogP) is 6.63. The molecule has 2 N–H and O–H groups in total. The number of hydrogen-bond donors (Lipinski definition) is 2. The quantitative estimate of drug-likeness (QED) is 0.343. The highest BCUT2D eigenvalue weighted by Gasteiger charge is 2.27. The zero-order chi connectivity index (χ0) is 19.3. The van der Waals surface area contributed by atoms with Crippen molar-refractivity contribution in [2.45, 2.75) is 33.6 Å². The van der Waals surface area contributed by atoms with Gasteiger partial charge in [0.1, 0.15) is 0 Å². The minimum Gasteiger partial charge on any atom is -0.362 e. The summed E-state index contributed by atoms with van der Waals surface area (Å²) in [5.74, 6) is 0.125. The molecule has 0 fully saturated rings. The lowest BCUT2D eigenvalue weighted by atomic mass is 9.89. The van der Waals surface area contributed by atoms with Crippen LogP contribution in [-0.2, 0) is 0 Å². The number of nitrogens with one attached hydrogen (secondary N) is 2. The Hall–Kier alpha value is -2.11. The maximum atomic E-state index is 12.2. The number of rotatable bonds is 4. The lowest BCUT2D eigenvalue weighted by molar-refractivity contribution is 0.101. The number of fused-ring (bicyclic) bond motifs is 1. The van der Waals surface area contributed by atoms with Gasteiger partial charge in [0.05, 0.1) is 5.92 Å². The van der Waals surface area contributed by atoms with Crippen molar-refractivity contribution in [2.24, 2.45) is 0 Å². The van der Waals surface area contributed by atoms with Gasteiger partial charge in [-0.05, 0) is 79.9 Å². The molecule has 0 amide bonds. The van der Waals surface area contributed by atoms with Crippen LogP contribution in [0.4, 0.5) is 0 Å². The molecule has 4 rings (SSSR count). The van der Waals surface area contributed by atoms with Gasteiger partial charge in [-0.3, -0.25) is 4.79 Å². The molecule has 3 nitrogen and oxygen atoms in total. The van der Waals surface area contributed by atoms with Crippen molar-refractivity contribution in [3.63, 3.8) is 0 Å². The molecule has 3 aromatic heterocycles.